The molecule has 2 amide bonds. The summed E-state index contributed by atoms with van der Waals surface area (Å²) in [6.45, 7) is 2.66. The van der Waals surface area contributed by atoms with Crippen LogP contribution in [0.1, 0.15) is 48.7 Å². The maximum Gasteiger partial charge on any atom is 0.271 e. The van der Waals surface area contributed by atoms with E-state index in [9.17, 15) is 9.59 Å². The second-order valence-corrected chi connectivity index (χ2v) is 9.47. The lowest BCUT2D eigenvalue weighted by Crippen LogP contribution is -2.64. The molecule has 8 nitrogen and oxygen atoms in total. The van der Waals surface area contributed by atoms with E-state index in [2.05, 4.69) is 5.32 Å². The zero-order valence-electron chi connectivity index (χ0n) is 19.1. The summed E-state index contributed by atoms with van der Waals surface area (Å²) >= 11 is 0. The normalized spacial score (nSPS) is 21.7. The summed E-state index contributed by atoms with van der Waals surface area (Å²) in [6.07, 6.45) is 5.80. The number of rotatable bonds is 5. The molecule has 0 bridgehead atoms. The van der Waals surface area contributed by atoms with Gasteiger partial charge in [0.15, 0.2) is 11.5 Å². The van der Waals surface area contributed by atoms with Gasteiger partial charge in [0.25, 0.3) is 5.91 Å². The van der Waals surface area contributed by atoms with Crippen LogP contribution in [0.2, 0.25) is 0 Å². The first-order chi connectivity index (χ1) is 16.5. The molecule has 4 heterocycles. The third-order valence-corrected chi connectivity index (χ3v) is 7.24. The van der Waals surface area contributed by atoms with Crippen molar-refractivity contribution in [1.82, 2.24) is 14.8 Å². The van der Waals surface area contributed by atoms with E-state index < -0.39 is 5.54 Å². The Kier molecular flexibility index (Phi) is 4.90. The van der Waals surface area contributed by atoms with Crippen LogP contribution in [0.25, 0.3) is 11.5 Å². The quantitative estimate of drug-likeness (QED) is 0.622. The molecular formula is C26H27N3O5. The molecule has 1 aliphatic carbocycles. The zero-order valence-corrected chi connectivity index (χ0v) is 19.1. The lowest BCUT2D eigenvalue weighted by atomic mass is 9.93. The molecule has 1 fully saturated rings. The number of fused-ring (bicyclic) bond motifs is 2. The molecule has 2 aliphatic heterocycles. The van der Waals surface area contributed by atoms with E-state index >= 15 is 0 Å². The zero-order chi connectivity index (χ0) is 23.3. The van der Waals surface area contributed by atoms with Crippen LogP contribution in [0, 0.1) is 0 Å². The molecule has 2 aromatic heterocycles. The van der Waals surface area contributed by atoms with Crippen molar-refractivity contribution in [1.29, 1.82) is 0 Å². The minimum Gasteiger partial charge on any atom is -0.463 e. The van der Waals surface area contributed by atoms with E-state index in [-0.39, 0.29) is 31.2 Å². The van der Waals surface area contributed by atoms with E-state index in [1.165, 1.54) is 0 Å². The van der Waals surface area contributed by atoms with Crippen LogP contribution in [0.4, 0.5) is 0 Å². The van der Waals surface area contributed by atoms with E-state index in [0.717, 1.165) is 36.9 Å². The fourth-order valence-corrected chi connectivity index (χ4v) is 5.29. The monoisotopic (exact) mass is 461 g/mol. The smallest absolute Gasteiger partial charge is 0.271 e. The minimum absolute atomic E-state index is 0.127. The summed E-state index contributed by atoms with van der Waals surface area (Å²) in [7, 11) is 0. The van der Waals surface area contributed by atoms with Gasteiger partial charge in [-0.25, -0.2) is 0 Å². The van der Waals surface area contributed by atoms with Crippen LogP contribution in [0.3, 0.4) is 0 Å². The number of aromatic nitrogens is 1. The second kappa shape index (κ2) is 7.97. The largest absolute Gasteiger partial charge is 0.463 e. The molecule has 6 rings (SSSR count). The average molecular weight is 462 g/mol. The van der Waals surface area contributed by atoms with Crippen molar-refractivity contribution in [3.05, 3.63) is 60.0 Å². The number of carbonyl (C=O) groups excluding carboxylic acids is 2. The molecule has 3 aromatic rings. The van der Waals surface area contributed by atoms with Crippen LogP contribution in [0.15, 0.2) is 53.1 Å². The summed E-state index contributed by atoms with van der Waals surface area (Å²) < 4.78 is 18.5. The van der Waals surface area contributed by atoms with Gasteiger partial charge in [-0.2, -0.15) is 0 Å². The highest BCUT2D eigenvalue weighted by molar-refractivity contribution is 6.00. The van der Waals surface area contributed by atoms with Crippen molar-refractivity contribution in [2.75, 3.05) is 6.79 Å². The highest BCUT2D eigenvalue weighted by atomic mass is 16.7. The molecule has 0 radical (unpaired) electrons. The Morgan fingerprint density at radius 2 is 1.88 bits per heavy atom. The highest BCUT2D eigenvalue weighted by Crippen LogP contribution is 2.37. The molecule has 1 atom stereocenters. The lowest BCUT2D eigenvalue weighted by molar-refractivity contribution is -0.133. The van der Waals surface area contributed by atoms with Crippen LogP contribution >= 0.6 is 0 Å². The molecule has 34 heavy (non-hydrogen) atoms. The van der Waals surface area contributed by atoms with E-state index in [1.807, 2.05) is 47.9 Å². The van der Waals surface area contributed by atoms with Gasteiger partial charge in [0, 0.05) is 12.6 Å². The number of benzene rings is 1. The van der Waals surface area contributed by atoms with Crippen LogP contribution in [-0.2, 0) is 17.9 Å². The fourth-order valence-electron chi connectivity index (χ4n) is 5.29. The Morgan fingerprint density at radius 1 is 1.09 bits per heavy atom. The topological polar surface area (TPSA) is 85.9 Å². The molecule has 3 aliphatic rings. The van der Waals surface area contributed by atoms with Crippen molar-refractivity contribution in [3.8, 4) is 23.0 Å². The minimum atomic E-state index is -1.08. The van der Waals surface area contributed by atoms with Crippen molar-refractivity contribution in [3.63, 3.8) is 0 Å². The van der Waals surface area contributed by atoms with Gasteiger partial charge < -0.3 is 28.7 Å². The van der Waals surface area contributed by atoms with Gasteiger partial charge in [-0.3, -0.25) is 9.59 Å². The molecule has 1 aromatic carbocycles. The summed E-state index contributed by atoms with van der Waals surface area (Å²) in [5.74, 6) is 1.70. The Bertz CT molecular complexity index is 1240. The fraction of sp³-hybridized carbons (Fsp3) is 0.385. The van der Waals surface area contributed by atoms with Gasteiger partial charge in [-0.05, 0) is 61.7 Å². The Labute approximate surface area is 197 Å². The first kappa shape index (κ1) is 20.9. The first-order valence-corrected chi connectivity index (χ1v) is 11.8. The Hall–Kier alpha value is -3.68. The van der Waals surface area contributed by atoms with E-state index in [0.29, 0.717) is 29.5 Å². The third-order valence-electron chi connectivity index (χ3n) is 7.24. The first-order valence-electron chi connectivity index (χ1n) is 11.8. The summed E-state index contributed by atoms with van der Waals surface area (Å²) in [5, 5.41) is 3.23. The number of ether oxygens (including phenoxy) is 2. The van der Waals surface area contributed by atoms with Crippen LogP contribution < -0.4 is 14.8 Å². The summed E-state index contributed by atoms with van der Waals surface area (Å²) in [6, 6.07) is 13.2. The SMILES string of the molecule is C[C@@]1(C(=O)NC2CCCC2)Cn2c(ccc2-c2ccco2)C(=O)N1Cc1ccc2c(c1)OCO2. The van der Waals surface area contributed by atoms with Crippen molar-refractivity contribution >= 4 is 11.8 Å². The van der Waals surface area contributed by atoms with Gasteiger partial charge >= 0.3 is 0 Å². The van der Waals surface area contributed by atoms with Crippen molar-refractivity contribution < 1.29 is 23.5 Å². The number of amides is 2. The van der Waals surface area contributed by atoms with Gasteiger partial charge in [0.2, 0.25) is 12.7 Å². The predicted octanol–water partition coefficient (Wildman–Crippen LogP) is 3.95. The number of nitrogens with one attached hydrogen (secondary N) is 1. The van der Waals surface area contributed by atoms with Crippen LogP contribution in [-0.4, -0.2) is 39.7 Å². The molecule has 8 heteroatoms. The summed E-state index contributed by atoms with van der Waals surface area (Å²) in [4.78, 5) is 29.3. The average Bonchev–Trinajstić information content (AvgIpc) is 3.63. The maximum absolute atomic E-state index is 13.8. The number of carbonyl (C=O) groups is 2. The van der Waals surface area contributed by atoms with Crippen molar-refractivity contribution in [2.24, 2.45) is 0 Å². The van der Waals surface area contributed by atoms with E-state index in [4.69, 9.17) is 13.9 Å². The highest BCUT2D eigenvalue weighted by Gasteiger charge is 2.48. The number of nitrogens with zero attached hydrogens (tertiary/aromatic N) is 2. The molecular weight excluding hydrogens is 434 g/mol. The third kappa shape index (κ3) is 3.36. The van der Waals surface area contributed by atoms with Crippen LogP contribution in [0.5, 0.6) is 11.5 Å². The predicted molar refractivity (Wildman–Crippen MR) is 123 cm³/mol. The molecule has 0 saturated heterocycles. The van der Waals surface area contributed by atoms with Gasteiger partial charge in [-0.15, -0.1) is 0 Å². The van der Waals surface area contributed by atoms with Gasteiger partial charge in [-0.1, -0.05) is 18.9 Å². The van der Waals surface area contributed by atoms with Gasteiger partial charge in [0.1, 0.15) is 17.0 Å². The number of hydrogen-bond donors (Lipinski definition) is 1. The lowest BCUT2D eigenvalue weighted by Gasteiger charge is -2.44. The second-order valence-electron chi connectivity index (χ2n) is 9.47. The molecule has 1 saturated carbocycles. The molecule has 0 unspecified atom stereocenters. The maximum atomic E-state index is 13.8. The van der Waals surface area contributed by atoms with Crippen molar-refractivity contribution in [2.45, 2.75) is 57.3 Å². The molecule has 176 valence electrons. The van der Waals surface area contributed by atoms with Gasteiger partial charge in [0.05, 0.1) is 18.5 Å². The molecule has 1 N–H and O–H groups in total. The van der Waals surface area contributed by atoms with E-state index in [1.54, 1.807) is 17.2 Å². The Balaban J connectivity index is 1.38. The number of hydrogen-bond acceptors (Lipinski definition) is 5. The standard InChI is InChI=1S/C26H27N3O5/c1-26(25(31)27-18-5-2-3-6-18)15-28-19(21-7-4-12-32-21)9-10-20(28)24(30)29(26)14-17-8-11-22-23(13-17)34-16-33-22/h4,7-13,18H,2-3,5-6,14-16H2,1H3,(H,27,31)/t26-/m0/s1. The summed E-state index contributed by atoms with van der Waals surface area (Å²) in [5.41, 5.74) is 1.13. The molecule has 0 spiro atoms. The number of furan rings is 1. The Morgan fingerprint density at radius 3 is 2.68 bits per heavy atom.